The third kappa shape index (κ3) is 5.80. The maximum atomic E-state index is 12.3. The van der Waals surface area contributed by atoms with Gasteiger partial charge in [-0.2, -0.15) is 8.42 Å². The van der Waals surface area contributed by atoms with Gasteiger partial charge in [0, 0.05) is 24.4 Å². The molecule has 1 amide bonds. The molecule has 2 rings (SSSR count). The van der Waals surface area contributed by atoms with Gasteiger partial charge in [-0.3, -0.25) is 14.1 Å². The molecule has 2 aromatic rings. The number of nitrogen functional groups attached to an aromatic ring is 1. The average molecular weight is 440 g/mol. The lowest BCUT2D eigenvalue weighted by molar-refractivity contribution is -0.140. The summed E-state index contributed by atoms with van der Waals surface area (Å²) in [6.07, 6.45) is 2.10. The Labute approximate surface area is 173 Å². The molecule has 11 heteroatoms. The van der Waals surface area contributed by atoms with Crippen molar-refractivity contribution in [2.24, 2.45) is 0 Å². The maximum absolute atomic E-state index is 12.3. The van der Waals surface area contributed by atoms with Gasteiger partial charge in [0.05, 0.1) is 24.8 Å². The number of carbonyl (C=O) groups excluding carboxylic acids is 2. The first kappa shape index (κ1) is 23.4. The molecule has 164 valence electrons. The van der Waals surface area contributed by atoms with Crippen molar-refractivity contribution in [1.29, 1.82) is 0 Å². The fourth-order valence-electron chi connectivity index (χ4n) is 2.98. The third-order valence-corrected chi connectivity index (χ3v) is 5.55. The van der Waals surface area contributed by atoms with Gasteiger partial charge in [-0.05, 0) is 31.4 Å². The predicted octanol–water partition coefficient (Wildman–Crippen LogP) is 1.32. The van der Waals surface area contributed by atoms with Crippen LogP contribution in [0.15, 0.2) is 26.2 Å². The van der Waals surface area contributed by atoms with Crippen molar-refractivity contribution < 1.29 is 31.7 Å². The number of unbranched alkanes of at least 4 members (excludes halogenated alkanes) is 2. The lowest BCUT2D eigenvalue weighted by atomic mass is 10.0. The average Bonchev–Trinajstić information content (AvgIpc) is 2.66. The molecular weight excluding hydrogens is 416 g/mol. The number of hydrogen-bond acceptors (Lipinski definition) is 8. The van der Waals surface area contributed by atoms with Crippen molar-refractivity contribution in [3.63, 3.8) is 0 Å². The predicted molar refractivity (Wildman–Crippen MR) is 109 cm³/mol. The number of carbonyl (C=O) groups is 2. The molecule has 1 heterocycles. The molecule has 0 aliphatic carbocycles. The molecule has 0 aliphatic rings. The Hall–Kier alpha value is -2.92. The highest BCUT2D eigenvalue weighted by Crippen LogP contribution is 2.28. The molecule has 0 unspecified atom stereocenters. The van der Waals surface area contributed by atoms with Crippen LogP contribution < -0.4 is 16.7 Å². The van der Waals surface area contributed by atoms with Crippen molar-refractivity contribution in [1.82, 2.24) is 5.32 Å². The van der Waals surface area contributed by atoms with E-state index in [0.29, 0.717) is 31.4 Å². The number of hydrogen-bond donors (Lipinski definition) is 3. The molecule has 0 spiro atoms. The first-order valence-electron chi connectivity index (χ1n) is 9.21. The molecule has 30 heavy (non-hydrogen) atoms. The van der Waals surface area contributed by atoms with Gasteiger partial charge >= 0.3 is 11.6 Å². The number of benzene rings is 1. The number of fused-ring (bicyclic) bond motifs is 1. The Morgan fingerprint density at radius 3 is 2.57 bits per heavy atom. The Balaban J connectivity index is 2.10. The summed E-state index contributed by atoms with van der Waals surface area (Å²) in [4.78, 5) is 35.0. The molecule has 0 aliphatic heterocycles. The molecule has 0 bridgehead atoms. The van der Waals surface area contributed by atoms with Gasteiger partial charge in [-0.1, -0.05) is 6.42 Å². The SMILES string of the molecule is COC(=O)CCCCCNC(=O)Cc1c(C)c2cc(S(=O)(=O)O)c(N)cc2oc1=O. The van der Waals surface area contributed by atoms with Crippen LogP contribution in [0, 0.1) is 6.92 Å². The smallest absolute Gasteiger partial charge is 0.340 e. The molecule has 10 nitrogen and oxygen atoms in total. The highest BCUT2D eigenvalue weighted by Gasteiger charge is 2.20. The fourth-order valence-corrected chi connectivity index (χ4v) is 3.61. The third-order valence-electron chi connectivity index (χ3n) is 4.64. The second-order valence-corrected chi connectivity index (χ2v) is 8.16. The molecule has 0 fully saturated rings. The number of ether oxygens (including phenoxy) is 1. The molecule has 0 saturated heterocycles. The summed E-state index contributed by atoms with van der Waals surface area (Å²) in [5, 5.41) is 2.94. The Morgan fingerprint density at radius 1 is 1.23 bits per heavy atom. The van der Waals surface area contributed by atoms with Crippen molar-refractivity contribution >= 4 is 38.7 Å². The summed E-state index contributed by atoms with van der Waals surface area (Å²) in [7, 11) is -3.24. The van der Waals surface area contributed by atoms with E-state index in [1.807, 2.05) is 0 Å². The highest BCUT2D eigenvalue weighted by molar-refractivity contribution is 7.86. The normalized spacial score (nSPS) is 11.4. The molecule has 4 N–H and O–H groups in total. The summed E-state index contributed by atoms with van der Waals surface area (Å²) in [5.74, 6) is -0.681. The molecule has 1 aromatic heterocycles. The number of rotatable bonds is 9. The van der Waals surface area contributed by atoms with Gasteiger partial charge in [-0.15, -0.1) is 0 Å². The molecule has 0 atom stereocenters. The summed E-state index contributed by atoms with van der Waals surface area (Å²) >= 11 is 0. The number of nitrogens with one attached hydrogen (secondary N) is 1. The zero-order chi connectivity index (χ0) is 22.5. The summed E-state index contributed by atoms with van der Waals surface area (Å²) < 4.78 is 42.0. The number of nitrogens with two attached hydrogens (primary N) is 1. The number of anilines is 1. The lowest BCUT2D eigenvalue weighted by Gasteiger charge is -2.10. The van der Waals surface area contributed by atoms with Crippen LogP contribution in [0.1, 0.15) is 36.8 Å². The summed E-state index contributed by atoms with van der Waals surface area (Å²) in [6, 6.07) is 2.26. The second-order valence-electron chi connectivity index (χ2n) is 6.77. The van der Waals surface area contributed by atoms with Gasteiger partial charge in [0.25, 0.3) is 10.1 Å². The van der Waals surface area contributed by atoms with Crippen molar-refractivity contribution in [3.8, 4) is 0 Å². The zero-order valence-electron chi connectivity index (χ0n) is 16.7. The monoisotopic (exact) mass is 440 g/mol. The van der Waals surface area contributed by atoms with E-state index in [4.69, 9.17) is 10.2 Å². The first-order valence-corrected chi connectivity index (χ1v) is 10.7. The minimum absolute atomic E-state index is 0.0529. The van der Waals surface area contributed by atoms with Gasteiger partial charge in [-0.25, -0.2) is 4.79 Å². The second kappa shape index (κ2) is 9.72. The molecular formula is C19H24N2O8S. The Morgan fingerprint density at radius 2 is 1.93 bits per heavy atom. The van der Waals surface area contributed by atoms with Crippen LogP contribution in [0.4, 0.5) is 5.69 Å². The van der Waals surface area contributed by atoms with E-state index in [1.165, 1.54) is 7.11 Å². The van der Waals surface area contributed by atoms with E-state index in [9.17, 15) is 27.4 Å². The molecule has 0 saturated carbocycles. The standard InChI is InChI=1S/C19H24N2O8S/c1-11-12-8-16(30(25,26)27)14(20)10-15(12)29-19(24)13(11)9-17(22)21-7-5-3-4-6-18(23)28-2/h8,10H,3-7,9,20H2,1-2H3,(H,21,22)(H,25,26,27). The van der Waals surface area contributed by atoms with Crippen LogP contribution in [0.2, 0.25) is 0 Å². The van der Waals surface area contributed by atoms with Gasteiger partial charge in [0.2, 0.25) is 5.91 Å². The Kier molecular flexibility index (Phi) is 7.57. The van der Waals surface area contributed by atoms with Gasteiger partial charge in [0.15, 0.2) is 0 Å². The van der Waals surface area contributed by atoms with E-state index in [1.54, 1.807) is 6.92 Å². The van der Waals surface area contributed by atoms with Crippen LogP contribution in [-0.2, 0) is 30.9 Å². The highest BCUT2D eigenvalue weighted by atomic mass is 32.2. The fraction of sp³-hybridized carbons (Fsp3) is 0.421. The maximum Gasteiger partial charge on any atom is 0.340 e. The van der Waals surface area contributed by atoms with E-state index >= 15 is 0 Å². The van der Waals surface area contributed by atoms with Crippen LogP contribution in [0.5, 0.6) is 0 Å². The Bertz CT molecular complexity index is 1120. The number of esters is 1. The number of methoxy groups -OCH3 is 1. The van der Waals surface area contributed by atoms with Crippen molar-refractivity contribution in [2.75, 3.05) is 19.4 Å². The van der Waals surface area contributed by atoms with Crippen LogP contribution >= 0.6 is 0 Å². The van der Waals surface area contributed by atoms with Gasteiger partial charge < -0.3 is 20.2 Å². The summed E-state index contributed by atoms with van der Waals surface area (Å²) in [5.41, 5.74) is 5.12. The van der Waals surface area contributed by atoms with E-state index in [-0.39, 0.29) is 34.6 Å². The summed E-state index contributed by atoms with van der Waals surface area (Å²) in [6.45, 7) is 1.93. The van der Waals surface area contributed by atoms with Crippen LogP contribution in [0.3, 0.4) is 0 Å². The van der Waals surface area contributed by atoms with E-state index < -0.39 is 26.5 Å². The zero-order valence-corrected chi connectivity index (χ0v) is 17.5. The van der Waals surface area contributed by atoms with Crippen LogP contribution in [-0.4, -0.2) is 38.5 Å². The van der Waals surface area contributed by atoms with Crippen LogP contribution in [0.25, 0.3) is 11.0 Å². The lowest BCUT2D eigenvalue weighted by Crippen LogP contribution is -2.28. The molecule has 0 radical (unpaired) electrons. The van der Waals surface area contributed by atoms with Crippen molar-refractivity contribution in [2.45, 2.75) is 43.9 Å². The quantitative estimate of drug-likeness (QED) is 0.171. The van der Waals surface area contributed by atoms with E-state index in [0.717, 1.165) is 18.6 Å². The first-order chi connectivity index (χ1) is 14.0. The van der Waals surface area contributed by atoms with Gasteiger partial charge in [0.1, 0.15) is 10.5 Å². The van der Waals surface area contributed by atoms with Crippen molar-refractivity contribution in [3.05, 3.63) is 33.7 Å². The van der Waals surface area contributed by atoms with E-state index in [2.05, 4.69) is 10.1 Å². The number of amides is 1. The molecule has 1 aromatic carbocycles. The topological polar surface area (TPSA) is 166 Å². The number of aryl methyl sites for hydroxylation is 1. The minimum atomic E-state index is -4.57. The largest absolute Gasteiger partial charge is 0.469 e. The minimum Gasteiger partial charge on any atom is -0.469 e.